The lowest BCUT2D eigenvalue weighted by Crippen LogP contribution is -2.34. The number of hydrogen-bond acceptors (Lipinski definition) is 2. The molecular weight excluding hydrogens is 336 g/mol. The molecule has 5 heteroatoms. The zero-order chi connectivity index (χ0) is 18.0. The van der Waals surface area contributed by atoms with Gasteiger partial charge >= 0.3 is 0 Å². The Morgan fingerprint density at radius 3 is 2.76 bits per heavy atom. The summed E-state index contributed by atoms with van der Waals surface area (Å²) in [6, 6.07) is 12.6. The first-order valence-corrected chi connectivity index (χ1v) is 8.85. The molecule has 0 aliphatic carbocycles. The van der Waals surface area contributed by atoms with Crippen LogP contribution in [0, 0.1) is 0 Å². The molecule has 25 heavy (non-hydrogen) atoms. The lowest BCUT2D eigenvalue weighted by atomic mass is 9.93. The molecule has 1 aliphatic heterocycles. The third-order valence-corrected chi connectivity index (χ3v) is 4.68. The van der Waals surface area contributed by atoms with E-state index in [9.17, 15) is 9.90 Å². The van der Waals surface area contributed by atoms with E-state index in [0.717, 1.165) is 35.0 Å². The van der Waals surface area contributed by atoms with Gasteiger partial charge in [-0.25, -0.2) is 0 Å². The van der Waals surface area contributed by atoms with Crippen molar-refractivity contribution in [1.29, 1.82) is 0 Å². The van der Waals surface area contributed by atoms with Gasteiger partial charge in [0.1, 0.15) is 5.75 Å². The van der Waals surface area contributed by atoms with E-state index in [0.29, 0.717) is 11.6 Å². The van der Waals surface area contributed by atoms with Crippen LogP contribution in [0.3, 0.4) is 0 Å². The maximum atomic E-state index is 11.5. The molecule has 0 saturated heterocycles. The number of carbonyl (C=O) groups excluding carboxylic acids is 1. The average Bonchev–Trinajstić information content (AvgIpc) is 3.00. The van der Waals surface area contributed by atoms with Crippen LogP contribution < -0.4 is 0 Å². The van der Waals surface area contributed by atoms with Crippen LogP contribution in [0.5, 0.6) is 5.75 Å². The molecule has 1 atom stereocenters. The number of hydrogen-bond donors (Lipinski definition) is 2. The Hall–Kier alpha value is -2.46. The minimum absolute atomic E-state index is 0.194. The summed E-state index contributed by atoms with van der Waals surface area (Å²) in [5.41, 5.74) is 4.08. The fourth-order valence-corrected chi connectivity index (χ4v) is 3.62. The number of aromatic amines is 1. The Morgan fingerprint density at radius 1 is 1.24 bits per heavy atom. The maximum Gasteiger partial charge on any atom is 0.210 e. The Balaban J connectivity index is 0.000000880. The van der Waals surface area contributed by atoms with E-state index in [1.165, 1.54) is 5.56 Å². The van der Waals surface area contributed by atoms with Crippen molar-refractivity contribution in [3.63, 3.8) is 0 Å². The second kappa shape index (κ2) is 7.19. The van der Waals surface area contributed by atoms with Gasteiger partial charge in [-0.3, -0.25) is 4.79 Å². The molecule has 0 spiro atoms. The first-order valence-electron chi connectivity index (χ1n) is 8.47. The summed E-state index contributed by atoms with van der Waals surface area (Å²) in [7, 11) is 0. The molecule has 1 amide bonds. The fraction of sp³-hybridized carbons (Fsp3) is 0.250. The predicted molar refractivity (Wildman–Crippen MR) is 101 cm³/mol. The molecule has 2 N–H and O–H groups in total. The number of phenols is 1. The van der Waals surface area contributed by atoms with Crippen LogP contribution in [0.1, 0.15) is 36.7 Å². The highest BCUT2D eigenvalue weighted by Gasteiger charge is 2.31. The lowest BCUT2D eigenvalue weighted by Gasteiger charge is -2.33. The monoisotopic (exact) mass is 356 g/mol. The van der Waals surface area contributed by atoms with Crippen LogP contribution in [0.2, 0.25) is 5.02 Å². The number of amides is 1. The van der Waals surface area contributed by atoms with E-state index in [2.05, 4.69) is 4.98 Å². The molecule has 0 radical (unpaired) electrons. The number of H-pyrrole nitrogens is 1. The van der Waals surface area contributed by atoms with Crippen molar-refractivity contribution in [1.82, 2.24) is 9.88 Å². The van der Waals surface area contributed by atoms with Crippen molar-refractivity contribution in [2.24, 2.45) is 0 Å². The normalized spacial score (nSPS) is 16.1. The van der Waals surface area contributed by atoms with Crippen molar-refractivity contribution in [2.75, 3.05) is 6.54 Å². The van der Waals surface area contributed by atoms with Gasteiger partial charge in [0.15, 0.2) is 0 Å². The number of carbonyl (C=O) groups is 1. The van der Waals surface area contributed by atoms with E-state index in [-0.39, 0.29) is 11.8 Å². The number of phenolic OH excluding ortho intramolecular Hbond substituents is 1. The second-order valence-electron chi connectivity index (χ2n) is 5.80. The third kappa shape index (κ3) is 3.10. The molecule has 3 aromatic rings. The zero-order valence-corrected chi connectivity index (χ0v) is 15.0. The highest BCUT2D eigenvalue weighted by atomic mass is 35.5. The van der Waals surface area contributed by atoms with Gasteiger partial charge in [0, 0.05) is 28.2 Å². The SMILES string of the molecule is CC.O=CN1CCc2c([nH]c3ccc(Cl)cc23)C1c1cccc(O)c1. The van der Waals surface area contributed by atoms with E-state index >= 15 is 0 Å². The number of nitrogens with one attached hydrogen (secondary N) is 1. The van der Waals surface area contributed by atoms with E-state index in [4.69, 9.17) is 11.6 Å². The Labute approximate surface area is 152 Å². The van der Waals surface area contributed by atoms with Crippen LogP contribution >= 0.6 is 11.6 Å². The summed E-state index contributed by atoms with van der Waals surface area (Å²) in [6.07, 6.45) is 1.65. The van der Waals surface area contributed by atoms with E-state index in [1.807, 2.05) is 38.1 Å². The molecule has 2 aromatic carbocycles. The van der Waals surface area contributed by atoms with Gasteiger partial charge in [0.25, 0.3) is 0 Å². The standard InChI is InChI=1S/C18H15ClN2O2.C2H6/c19-12-4-5-16-15(9-12)14-6-7-21(10-22)18(17(14)20-16)11-2-1-3-13(23)8-11;1-2/h1-5,8-10,18,20,23H,6-7H2;1-2H3. The lowest BCUT2D eigenvalue weighted by molar-refractivity contribution is -0.120. The topological polar surface area (TPSA) is 56.3 Å². The molecule has 2 heterocycles. The van der Waals surface area contributed by atoms with Crippen LogP contribution in [0.25, 0.3) is 10.9 Å². The van der Waals surface area contributed by atoms with Crippen LogP contribution in [-0.4, -0.2) is 27.9 Å². The molecule has 0 bridgehead atoms. The smallest absolute Gasteiger partial charge is 0.210 e. The molecule has 0 fully saturated rings. The molecule has 4 rings (SSSR count). The number of halogens is 1. The predicted octanol–water partition coefficient (Wildman–Crippen LogP) is 4.66. The highest BCUT2D eigenvalue weighted by Crippen LogP contribution is 2.38. The summed E-state index contributed by atoms with van der Waals surface area (Å²) >= 11 is 6.13. The van der Waals surface area contributed by atoms with Crippen molar-refractivity contribution in [3.8, 4) is 5.75 Å². The number of benzene rings is 2. The fourth-order valence-electron chi connectivity index (χ4n) is 3.45. The summed E-state index contributed by atoms with van der Waals surface area (Å²) in [4.78, 5) is 16.7. The third-order valence-electron chi connectivity index (χ3n) is 4.45. The molecule has 4 nitrogen and oxygen atoms in total. The van der Waals surface area contributed by atoms with Crippen molar-refractivity contribution < 1.29 is 9.90 Å². The van der Waals surface area contributed by atoms with Gasteiger partial charge in [0.05, 0.1) is 6.04 Å². The molecule has 1 aliphatic rings. The number of nitrogens with zero attached hydrogens (tertiary/aromatic N) is 1. The number of rotatable bonds is 2. The van der Waals surface area contributed by atoms with Crippen LogP contribution in [-0.2, 0) is 11.2 Å². The molecule has 1 unspecified atom stereocenters. The van der Waals surface area contributed by atoms with Crippen molar-refractivity contribution in [2.45, 2.75) is 26.3 Å². The maximum absolute atomic E-state index is 11.5. The average molecular weight is 357 g/mol. The van der Waals surface area contributed by atoms with E-state index < -0.39 is 0 Å². The van der Waals surface area contributed by atoms with Crippen LogP contribution in [0.4, 0.5) is 0 Å². The van der Waals surface area contributed by atoms with Crippen LogP contribution in [0.15, 0.2) is 42.5 Å². The van der Waals surface area contributed by atoms with Gasteiger partial charge in [0.2, 0.25) is 6.41 Å². The minimum Gasteiger partial charge on any atom is -0.508 e. The summed E-state index contributed by atoms with van der Waals surface area (Å²) < 4.78 is 0. The summed E-state index contributed by atoms with van der Waals surface area (Å²) in [6.45, 7) is 4.64. The molecule has 0 saturated carbocycles. The Kier molecular flexibility index (Phi) is 5.00. The minimum atomic E-state index is -0.227. The van der Waals surface area contributed by atoms with Gasteiger partial charge in [-0.1, -0.05) is 37.6 Å². The van der Waals surface area contributed by atoms with Crippen molar-refractivity contribution in [3.05, 3.63) is 64.3 Å². The zero-order valence-electron chi connectivity index (χ0n) is 14.3. The van der Waals surface area contributed by atoms with Gasteiger partial charge in [-0.05, 0) is 47.9 Å². The molecule has 130 valence electrons. The number of fused-ring (bicyclic) bond motifs is 3. The Bertz CT molecular complexity index is 904. The first kappa shape index (κ1) is 17.4. The molecular formula is C20H21ClN2O2. The largest absolute Gasteiger partial charge is 0.508 e. The van der Waals surface area contributed by atoms with E-state index in [1.54, 1.807) is 23.1 Å². The summed E-state index contributed by atoms with van der Waals surface area (Å²) in [5, 5.41) is 11.6. The van der Waals surface area contributed by atoms with Gasteiger partial charge < -0.3 is 15.0 Å². The summed E-state index contributed by atoms with van der Waals surface area (Å²) in [5.74, 6) is 0.194. The highest BCUT2D eigenvalue weighted by molar-refractivity contribution is 6.31. The van der Waals surface area contributed by atoms with Gasteiger partial charge in [-0.15, -0.1) is 0 Å². The number of aromatic nitrogens is 1. The van der Waals surface area contributed by atoms with Crippen molar-refractivity contribution >= 4 is 28.9 Å². The first-order chi connectivity index (χ1) is 12.2. The van der Waals surface area contributed by atoms with Gasteiger partial charge in [-0.2, -0.15) is 0 Å². The Morgan fingerprint density at radius 2 is 2.04 bits per heavy atom. The quantitative estimate of drug-likeness (QED) is 0.656. The second-order valence-corrected chi connectivity index (χ2v) is 6.23. The molecule has 1 aromatic heterocycles. The number of aromatic hydroxyl groups is 1.